The van der Waals surface area contributed by atoms with Crippen LogP contribution in [0.3, 0.4) is 0 Å². The van der Waals surface area contributed by atoms with Crippen molar-refractivity contribution in [1.29, 1.82) is 5.26 Å². The molecule has 3 fully saturated rings. The van der Waals surface area contributed by atoms with Gasteiger partial charge in [0.05, 0.1) is 29.7 Å². The lowest BCUT2D eigenvalue weighted by Gasteiger charge is -2.22. The van der Waals surface area contributed by atoms with Crippen molar-refractivity contribution in [3.8, 4) is 6.07 Å². The van der Waals surface area contributed by atoms with Crippen LogP contribution < -0.4 is 5.32 Å². The monoisotopic (exact) mass is 426 g/mol. The Bertz CT molecular complexity index is 896. The fourth-order valence-electron chi connectivity index (χ4n) is 4.34. The second kappa shape index (κ2) is 7.50. The Hall–Kier alpha value is -2.31. The molecule has 1 aromatic rings. The minimum absolute atomic E-state index is 0.00547. The van der Waals surface area contributed by atoms with Gasteiger partial charge in [0.2, 0.25) is 5.91 Å². The molecule has 29 heavy (non-hydrogen) atoms. The summed E-state index contributed by atoms with van der Waals surface area (Å²) in [6.45, 7) is 0.780. The Morgan fingerprint density at radius 1 is 1.21 bits per heavy atom. The molecule has 2 saturated heterocycles. The second-order valence-corrected chi connectivity index (χ2v) is 8.12. The van der Waals surface area contributed by atoms with Crippen LogP contribution in [0.1, 0.15) is 16.8 Å². The smallest absolute Gasteiger partial charge is 0.255 e. The van der Waals surface area contributed by atoms with Crippen LogP contribution in [0, 0.1) is 34.8 Å². The van der Waals surface area contributed by atoms with E-state index in [-0.39, 0.29) is 53.9 Å². The van der Waals surface area contributed by atoms with E-state index < -0.39 is 29.8 Å². The fraction of sp³-hybridized carbons (Fsp3) is 0.526. The van der Waals surface area contributed by atoms with E-state index in [4.69, 9.17) is 16.9 Å². The van der Waals surface area contributed by atoms with Gasteiger partial charge in [-0.1, -0.05) is 11.6 Å². The molecule has 10 heteroatoms. The molecule has 2 amide bonds. The molecule has 4 atom stereocenters. The topological polar surface area (TPSA) is 76.4 Å². The lowest BCUT2D eigenvalue weighted by atomic mass is 10.1. The molecule has 1 N–H and O–H groups in total. The molecule has 4 rings (SSSR count). The number of alkyl halides is 1. The first kappa shape index (κ1) is 20.0. The highest BCUT2D eigenvalue weighted by Crippen LogP contribution is 2.46. The van der Waals surface area contributed by atoms with Gasteiger partial charge < -0.3 is 15.1 Å². The van der Waals surface area contributed by atoms with Crippen LogP contribution in [0.2, 0.25) is 5.02 Å². The van der Waals surface area contributed by atoms with E-state index in [1.54, 1.807) is 0 Å². The van der Waals surface area contributed by atoms with Gasteiger partial charge in [-0.3, -0.25) is 9.59 Å². The summed E-state index contributed by atoms with van der Waals surface area (Å²) in [5.41, 5.74) is -0.0797. The standard InChI is InChI=1S/C19H18ClF3N4O2/c20-14-3-16(23)15(22)2-11(14)19(29)26-7-12-13(8-26)18(12)25-5-17(28)27-6-9(21)1-10(27)4-24/h2-3,9-10,12-13,18,25H,1,5-8H2/t9-,10-,12?,13?,18?/m0/s1. The van der Waals surface area contributed by atoms with Crippen molar-refractivity contribution in [2.24, 2.45) is 11.8 Å². The van der Waals surface area contributed by atoms with E-state index in [1.807, 2.05) is 6.07 Å². The molecule has 0 bridgehead atoms. The minimum atomic E-state index is -1.17. The lowest BCUT2D eigenvalue weighted by molar-refractivity contribution is -0.130. The van der Waals surface area contributed by atoms with Crippen LogP contribution in [0.15, 0.2) is 12.1 Å². The van der Waals surface area contributed by atoms with E-state index in [9.17, 15) is 22.8 Å². The third kappa shape index (κ3) is 3.67. The summed E-state index contributed by atoms with van der Waals surface area (Å²) in [7, 11) is 0. The highest BCUT2D eigenvalue weighted by Gasteiger charge is 2.56. The zero-order valence-electron chi connectivity index (χ0n) is 15.2. The number of benzene rings is 1. The molecule has 1 saturated carbocycles. The van der Waals surface area contributed by atoms with Crippen LogP contribution in [-0.2, 0) is 4.79 Å². The molecule has 2 aliphatic heterocycles. The number of piperidine rings is 1. The first-order valence-electron chi connectivity index (χ1n) is 9.30. The van der Waals surface area contributed by atoms with Crippen LogP contribution >= 0.6 is 11.6 Å². The highest BCUT2D eigenvalue weighted by atomic mass is 35.5. The first-order chi connectivity index (χ1) is 13.8. The molecule has 1 aliphatic carbocycles. The molecule has 2 heterocycles. The predicted molar refractivity (Wildman–Crippen MR) is 96.7 cm³/mol. The maximum absolute atomic E-state index is 13.4. The van der Waals surface area contributed by atoms with E-state index in [1.165, 1.54) is 9.80 Å². The number of hydrogen-bond acceptors (Lipinski definition) is 4. The van der Waals surface area contributed by atoms with Crippen molar-refractivity contribution in [3.63, 3.8) is 0 Å². The van der Waals surface area contributed by atoms with Crippen molar-refractivity contribution in [2.75, 3.05) is 26.2 Å². The van der Waals surface area contributed by atoms with Gasteiger partial charge in [0, 0.05) is 25.6 Å². The van der Waals surface area contributed by atoms with E-state index in [2.05, 4.69) is 5.32 Å². The molecule has 2 unspecified atom stereocenters. The zero-order valence-corrected chi connectivity index (χ0v) is 16.0. The SMILES string of the molecule is N#C[C@@H]1C[C@H](F)CN1C(=O)CNC1C2CN(C(=O)c3cc(F)c(F)cc3Cl)CC21. The number of halogens is 4. The number of nitrogens with zero attached hydrogens (tertiary/aromatic N) is 3. The molecule has 0 spiro atoms. The summed E-state index contributed by atoms with van der Waals surface area (Å²) in [5.74, 6) is -2.72. The average Bonchev–Trinajstić information content (AvgIpc) is 3.02. The zero-order chi connectivity index (χ0) is 20.9. The van der Waals surface area contributed by atoms with Gasteiger partial charge >= 0.3 is 0 Å². The Kier molecular flexibility index (Phi) is 5.17. The fourth-order valence-corrected chi connectivity index (χ4v) is 4.57. The molecule has 0 aromatic heterocycles. The summed E-state index contributed by atoms with van der Waals surface area (Å²) >= 11 is 5.87. The molecular formula is C19H18ClF3N4O2. The second-order valence-electron chi connectivity index (χ2n) is 7.71. The van der Waals surface area contributed by atoms with E-state index in [0.29, 0.717) is 13.1 Å². The maximum atomic E-state index is 13.4. The summed E-state index contributed by atoms with van der Waals surface area (Å²) in [6.07, 6.45) is -1.13. The van der Waals surface area contributed by atoms with Gasteiger partial charge in [0.25, 0.3) is 5.91 Å². The van der Waals surface area contributed by atoms with Crippen molar-refractivity contribution >= 4 is 23.4 Å². The number of nitrogens with one attached hydrogen (secondary N) is 1. The molecule has 154 valence electrons. The maximum Gasteiger partial charge on any atom is 0.255 e. The average molecular weight is 427 g/mol. The third-order valence-corrected chi connectivity index (χ3v) is 6.24. The van der Waals surface area contributed by atoms with Crippen molar-refractivity contribution in [3.05, 3.63) is 34.4 Å². The van der Waals surface area contributed by atoms with Crippen LogP contribution in [0.4, 0.5) is 13.2 Å². The third-order valence-electron chi connectivity index (χ3n) is 5.93. The molecule has 0 radical (unpaired) electrons. The van der Waals surface area contributed by atoms with Crippen molar-refractivity contribution in [1.82, 2.24) is 15.1 Å². The number of rotatable bonds is 4. The first-order valence-corrected chi connectivity index (χ1v) is 9.68. The normalized spacial score (nSPS) is 30.2. The molecule has 1 aromatic carbocycles. The van der Waals surface area contributed by atoms with Gasteiger partial charge in [-0.05, 0) is 24.0 Å². The minimum Gasteiger partial charge on any atom is -0.338 e. The molecular weight excluding hydrogens is 409 g/mol. The van der Waals surface area contributed by atoms with Gasteiger partial charge in [-0.25, -0.2) is 13.2 Å². The summed E-state index contributed by atoms with van der Waals surface area (Å²) in [4.78, 5) is 27.6. The molecule has 3 aliphatic rings. The Morgan fingerprint density at radius 2 is 1.86 bits per heavy atom. The van der Waals surface area contributed by atoms with Gasteiger partial charge in [0.1, 0.15) is 12.2 Å². The predicted octanol–water partition coefficient (Wildman–Crippen LogP) is 1.74. The molecule has 6 nitrogen and oxygen atoms in total. The number of carbonyl (C=O) groups is 2. The summed E-state index contributed by atoms with van der Waals surface area (Å²) in [6, 6.07) is 2.85. The largest absolute Gasteiger partial charge is 0.338 e. The lowest BCUT2D eigenvalue weighted by Crippen LogP contribution is -2.43. The van der Waals surface area contributed by atoms with E-state index in [0.717, 1.165) is 12.1 Å². The quantitative estimate of drug-likeness (QED) is 0.744. The van der Waals surface area contributed by atoms with Crippen molar-refractivity contribution < 1.29 is 22.8 Å². The van der Waals surface area contributed by atoms with Crippen LogP contribution in [0.25, 0.3) is 0 Å². The Balaban J connectivity index is 1.29. The van der Waals surface area contributed by atoms with Crippen LogP contribution in [-0.4, -0.2) is 66.0 Å². The summed E-state index contributed by atoms with van der Waals surface area (Å²) < 4.78 is 40.1. The highest BCUT2D eigenvalue weighted by molar-refractivity contribution is 6.33. The Morgan fingerprint density at radius 3 is 2.52 bits per heavy atom. The van der Waals surface area contributed by atoms with E-state index >= 15 is 0 Å². The number of hydrogen-bond donors (Lipinski definition) is 1. The number of nitriles is 1. The number of fused-ring (bicyclic) bond motifs is 1. The number of carbonyl (C=O) groups excluding carboxylic acids is 2. The van der Waals surface area contributed by atoms with Gasteiger partial charge in [0.15, 0.2) is 11.6 Å². The van der Waals surface area contributed by atoms with Gasteiger partial charge in [-0.2, -0.15) is 5.26 Å². The van der Waals surface area contributed by atoms with Crippen molar-refractivity contribution in [2.45, 2.75) is 24.7 Å². The number of amides is 2. The van der Waals surface area contributed by atoms with Gasteiger partial charge in [-0.15, -0.1) is 0 Å². The Labute approximate surface area is 170 Å². The number of likely N-dealkylation sites (tertiary alicyclic amines) is 2. The summed E-state index contributed by atoms with van der Waals surface area (Å²) in [5, 5.41) is 12.0. The van der Waals surface area contributed by atoms with Crippen LogP contribution in [0.5, 0.6) is 0 Å².